The monoisotopic (exact) mass is 385 g/mol. The highest BCUT2D eigenvalue weighted by Crippen LogP contribution is 2.27. The molecule has 2 aromatic heterocycles. The number of amides is 2. The van der Waals surface area contributed by atoms with Gasteiger partial charge in [0.15, 0.2) is 5.76 Å². The molecule has 150 valence electrons. The smallest absolute Gasteiger partial charge is 0.287 e. The first-order chi connectivity index (χ1) is 13.5. The maximum atomic E-state index is 12.9. The number of rotatable bonds is 4. The molecule has 2 amide bonds. The number of aromatic nitrogens is 1. The number of nitrogens with zero attached hydrogens (tertiary/aromatic N) is 1. The van der Waals surface area contributed by atoms with Gasteiger partial charge in [0.05, 0.1) is 12.4 Å². The molecule has 0 bridgehead atoms. The van der Waals surface area contributed by atoms with Crippen LogP contribution < -0.4 is 5.32 Å². The number of aryl methyl sites for hydroxylation is 3. The van der Waals surface area contributed by atoms with Crippen LogP contribution in [0.3, 0.4) is 0 Å². The van der Waals surface area contributed by atoms with E-state index in [1.54, 1.807) is 6.26 Å². The minimum Gasteiger partial charge on any atom is -0.459 e. The van der Waals surface area contributed by atoms with E-state index in [-0.39, 0.29) is 17.9 Å². The Balaban J connectivity index is 1.38. The van der Waals surface area contributed by atoms with Crippen LogP contribution in [-0.4, -0.2) is 54.0 Å². The maximum absolute atomic E-state index is 12.9. The van der Waals surface area contributed by atoms with Crippen molar-refractivity contribution >= 4 is 11.8 Å². The van der Waals surface area contributed by atoms with Crippen molar-refractivity contribution in [2.24, 2.45) is 0 Å². The van der Waals surface area contributed by atoms with Gasteiger partial charge in [-0.25, -0.2) is 0 Å². The standard InChI is InChI=1S/C21H27N3O4/c1-13-9-14(2)23-18(13)21(26)24-7-4-8-27-16(11-24)10-22-20(25)19-17-6-3-5-15(17)12-28-19/h9,12,16,23H,3-8,10-11H2,1-2H3,(H,22,25). The molecule has 0 saturated carbocycles. The van der Waals surface area contributed by atoms with Crippen molar-refractivity contribution in [3.05, 3.63) is 46.2 Å². The molecule has 2 aromatic rings. The Hall–Kier alpha value is -2.54. The lowest BCUT2D eigenvalue weighted by Gasteiger charge is -2.24. The van der Waals surface area contributed by atoms with Gasteiger partial charge in [0.2, 0.25) is 0 Å². The van der Waals surface area contributed by atoms with E-state index < -0.39 is 0 Å². The molecule has 0 spiro atoms. The van der Waals surface area contributed by atoms with Crippen LogP contribution in [0, 0.1) is 13.8 Å². The van der Waals surface area contributed by atoms with Crippen molar-refractivity contribution in [3.8, 4) is 0 Å². The Morgan fingerprint density at radius 2 is 2.14 bits per heavy atom. The van der Waals surface area contributed by atoms with Crippen LogP contribution in [0.15, 0.2) is 16.7 Å². The summed E-state index contributed by atoms with van der Waals surface area (Å²) in [5.74, 6) is 0.201. The molecule has 1 atom stereocenters. The molecule has 4 rings (SSSR count). The number of carbonyl (C=O) groups is 2. The van der Waals surface area contributed by atoms with E-state index >= 15 is 0 Å². The molecule has 2 N–H and O–H groups in total. The van der Waals surface area contributed by atoms with Crippen molar-refractivity contribution in [2.75, 3.05) is 26.2 Å². The molecule has 2 aliphatic rings. The van der Waals surface area contributed by atoms with Crippen LogP contribution in [0.2, 0.25) is 0 Å². The summed E-state index contributed by atoms with van der Waals surface area (Å²) in [7, 11) is 0. The minimum atomic E-state index is -0.241. The Bertz CT molecular complexity index is 882. The van der Waals surface area contributed by atoms with Crippen LogP contribution in [0.25, 0.3) is 0 Å². The van der Waals surface area contributed by atoms with Crippen molar-refractivity contribution in [3.63, 3.8) is 0 Å². The van der Waals surface area contributed by atoms with E-state index in [1.807, 2.05) is 24.8 Å². The normalized spacial score (nSPS) is 19.4. The molecule has 3 heterocycles. The lowest BCUT2D eigenvalue weighted by Crippen LogP contribution is -2.42. The molecule has 0 radical (unpaired) electrons. The van der Waals surface area contributed by atoms with E-state index in [1.165, 1.54) is 0 Å². The fourth-order valence-corrected chi connectivity index (χ4v) is 4.15. The third kappa shape index (κ3) is 3.71. The highest BCUT2D eigenvalue weighted by molar-refractivity contribution is 5.94. The van der Waals surface area contributed by atoms with Crippen LogP contribution >= 0.6 is 0 Å². The van der Waals surface area contributed by atoms with E-state index in [2.05, 4.69) is 10.3 Å². The highest BCUT2D eigenvalue weighted by Gasteiger charge is 2.27. The van der Waals surface area contributed by atoms with Gasteiger partial charge in [0.1, 0.15) is 5.69 Å². The Kier molecular flexibility index (Phi) is 5.26. The van der Waals surface area contributed by atoms with Crippen LogP contribution in [0.5, 0.6) is 0 Å². The zero-order valence-electron chi connectivity index (χ0n) is 16.5. The predicted octanol–water partition coefficient (Wildman–Crippen LogP) is 2.37. The molecule has 1 unspecified atom stereocenters. The van der Waals surface area contributed by atoms with E-state index in [0.29, 0.717) is 37.7 Å². The average Bonchev–Trinajstić information content (AvgIpc) is 3.31. The fraction of sp³-hybridized carbons (Fsp3) is 0.524. The maximum Gasteiger partial charge on any atom is 0.287 e. The SMILES string of the molecule is Cc1cc(C)c(C(=O)N2CCCOC(CNC(=O)c3occ4c3CCC4)C2)[nH]1. The summed E-state index contributed by atoms with van der Waals surface area (Å²) >= 11 is 0. The molecule has 28 heavy (non-hydrogen) atoms. The van der Waals surface area contributed by atoms with Crippen molar-refractivity contribution < 1.29 is 18.7 Å². The molecular formula is C21H27N3O4. The van der Waals surface area contributed by atoms with Gasteiger partial charge in [0, 0.05) is 37.5 Å². The zero-order chi connectivity index (χ0) is 19.7. The molecule has 0 aromatic carbocycles. The number of furan rings is 1. The van der Waals surface area contributed by atoms with Gasteiger partial charge in [-0.3, -0.25) is 9.59 Å². The summed E-state index contributed by atoms with van der Waals surface area (Å²) in [4.78, 5) is 30.4. The second-order valence-corrected chi connectivity index (χ2v) is 7.74. The second kappa shape index (κ2) is 7.83. The topological polar surface area (TPSA) is 87.6 Å². The first kappa shape index (κ1) is 18.8. The summed E-state index contributed by atoms with van der Waals surface area (Å²) in [6.07, 6.45) is 5.18. The van der Waals surface area contributed by atoms with Gasteiger partial charge in [-0.15, -0.1) is 0 Å². The lowest BCUT2D eigenvalue weighted by atomic mass is 10.2. The van der Waals surface area contributed by atoms with Gasteiger partial charge < -0.3 is 24.4 Å². The van der Waals surface area contributed by atoms with E-state index in [0.717, 1.165) is 48.1 Å². The minimum absolute atomic E-state index is 0.0173. The van der Waals surface area contributed by atoms with Crippen LogP contribution in [0.4, 0.5) is 0 Å². The first-order valence-corrected chi connectivity index (χ1v) is 9.97. The summed E-state index contributed by atoms with van der Waals surface area (Å²) in [5.41, 5.74) is 4.73. The molecule has 1 aliphatic carbocycles. The number of ether oxygens (including phenoxy) is 1. The largest absolute Gasteiger partial charge is 0.459 e. The summed E-state index contributed by atoms with van der Waals surface area (Å²) in [6, 6.07) is 1.97. The van der Waals surface area contributed by atoms with Gasteiger partial charge in [-0.05, 0) is 56.7 Å². The number of hydrogen-bond acceptors (Lipinski definition) is 4. The number of carbonyl (C=O) groups excluding carboxylic acids is 2. The van der Waals surface area contributed by atoms with Gasteiger partial charge in [0.25, 0.3) is 11.8 Å². The van der Waals surface area contributed by atoms with Crippen LogP contribution in [-0.2, 0) is 17.6 Å². The average molecular weight is 385 g/mol. The number of aromatic amines is 1. The second-order valence-electron chi connectivity index (χ2n) is 7.74. The van der Waals surface area contributed by atoms with E-state index in [4.69, 9.17) is 9.15 Å². The zero-order valence-corrected chi connectivity index (χ0v) is 16.5. The third-order valence-corrected chi connectivity index (χ3v) is 5.55. The Labute approximate surface area is 164 Å². The molecular weight excluding hydrogens is 358 g/mol. The number of H-pyrrole nitrogens is 1. The number of hydrogen-bond donors (Lipinski definition) is 2. The third-order valence-electron chi connectivity index (χ3n) is 5.55. The van der Waals surface area contributed by atoms with E-state index in [9.17, 15) is 9.59 Å². The van der Waals surface area contributed by atoms with Gasteiger partial charge >= 0.3 is 0 Å². The summed E-state index contributed by atoms with van der Waals surface area (Å²) in [5, 5.41) is 2.92. The summed E-state index contributed by atoms with van der Waals surface area (Å²) in [6.45, 7) is 5.90. The number of fused-ring (bicyclic) bond motifs is 1. The van der Waals surface area contributed by atoms with Crippen LogP contribution in [0.1, 0.15) is 56.3 Å². The fourth-order valence-electron chi connectivity index (χ4n) is 4.15. The molecule has 7 heteroatoms. The van der Waals surface area contributed by atoms with Gasteiger partial charge in [-0.2, -0.15) is 0 Å². The first-order valence-electron chi connectivity index (χ1n) is 9.97. The quantitative estimate of drug-likeness (QED) is 0.846. The molecule has 1 aliphatic heterocycles. The Morgan fingerprint density at radius 1 is 1.29 bits per heavy atom. The summed E-state index contributed by atoms with van der Waals surface area (Å²) < 4.78 is 11.3. The lowest BCUT2D eigenvalue weighted by molar-refractivity contribution is 0.0461. The number of nitrogens with one attached hydrogen (secondary N) is 2. The van der Waals surface area contributed by atoms with Crippen molar-refractivity contribution in [1.82, 2.24) is 15.2 Å². The molecule has 1 fully saturated rings. The van der Waals surface area contributed by atoms with Crippen molar-refractivity contribution in [1.29, 1.82) is 0 Å². The van der Waals surface area contributed by atoms with Gasteiger partial charge in [-0.1, -0.05) is 0 Å². The predicted molar refractivity (Wildman–Crippen MR) is 104 cm³/mol. The van der Waals surface area contributed by atoms with Crippen molar-refractivity contribution in [2.45, 2.75) is 45.6 Å². The molecule has 7 nitrogen and oxygen atoms in total. The molecule has 1 saturated heterocycles. The Morgan fingerprint density at radius 3 is 2.93 bits per heavy atom. The highest BCUT2D eigenvalue weighted by atomic mass is 16.5.